The van der Waals surface area contributed by atoms with Crippen molar-refractivity contribution in [1.82, 2.24) is 19.7 Å². The van der Waals surface area contributed by atoms with Gasteiger partial charge < -0.3 is 11.5 Å². The van der Waals surface area contributed by atoms with Crippen LogP contribution < -0.4 is 11.5 Å². The van der Waals surface area contributed by atoms with Gasteiger partial charge in [-0.15, -0.1) is 0 Å². The molecule has 4 N–H and O–H groups in total. The highest BCUT2D eigenvalue weighted by Gasteiger charge is 2.15. The van der Waals surface area contributed by atoms with Crippen LogP contribution in [0.25, 0.3) is 11.0 Å². The lowest BCUT2D eigenvalue weighted by molar-refractivity contribution is 0.545. The molecule has 0 atom stereocenters. The Hall–Kier alpha value is -3.07. The molecule has 0 aliphatic rings. The second kappa shape index (κ2) is 5.37. The number of nitrogens with two attached hydrogens (primary N) is 2. The van der Waals surface area contributed by atoms with E-state index in [4.69, 9.17) is 11.5 Å². The van der Waals surface area contributed by atoms with Crippen LogP contribution in [0, 0.1) is 11.8 Å². The predicted octanol–water partition coefficient (Wildman–Crippen LogP) is 1.97. The van der Waals surface area contributed by atoms with Gasteiger partial charge in [-0.2, -0.15) is 5.10 Å². The number of para-hydroxylation sites is 1. The smallest absolute Gasteiger partial charge is 0.164 e. The van der Waals surface area contributed by atoms with E-state index >= 15 is 0 Å². The molecule has 0 saturated carbocycles. The van der Waals surface area contributed by atoms with Crippen molar-refractivity contribution in [1.29, 1.82) is 0 Å². The summed E-state index contributed by atoms with van der Waals surface area (Å²) in [6.45, 7) is 4.05. The maximum absolute atomic E-state index is 5.97. The molecule has 0 radical (unpaired) electrons. The molecular formula is C16H16N6. The van der Waals surface area contributed by atoms with Crippen LogP contribution in [0.1, 0.15) is 31.1 Å². The molecule has 0 aliphatic heterocycles. The number of hydrogen-bond donors (Lipinski definition) is 2. The Morgan fingerprint density at radius 1 is 1.09 bits per heavy atom. The zero-order valence-corrected chi connectivity index (χ0v) is 12.4. The Balaban J connectivity index is 2.19. The van der Waals surface area contributed by atoms with E-state index in [1.54, 1.807) is 4.68 Å². The van der Waals surface area contributed by atoms with Gasteiger partial charge in [-0.1, -0.05) is 18.1 Å². The summed E-state index contributed by atoms with van der Waals surface area (Å²) >= 11 is 0. The third-order valence-electron chi connectivity index (χ3n) is 3.28. The number of benzene rings is 1. The second-order valence-corrected chi connectivity index (χ2v) is 5.18. The van der Waals surface area contributed by atoms with E-state index in [0.29, 0.717) is 28.2 Å². The minimum Gasteiger partial charge on any atom is -0.398 e. The summed E-state index contributed by atoms with van der Waals surface area (Å²) < 4.78 is 1.80. The molecule has 0 aliphatic carbocycles. The number of rotatable bonds is 1. The first-order chi connectivity index (χ1) is 10.6. The molecule has 0 bridgehead atoms. The average Bonchev–Trinajstić information content (AvgIpc) is 2.87. The molecule has 1 aromatic carbocycles. The third-order valence-corrected chi connectivity index (χ3v) is 3.28. The van der Waals surface area contributed by atoms with Gasteiger partial charge in [-0.25, -0.2) is 14.6 Å². The average molecular weight is 292 g/mol. The van der Waals surface area contributed by atoms with Crippen LogP contribution in [-0.4, -0.2) is 19.7 Å². The number of fused-ring (bicyclic) bond motifs is 1. The van der Waals surface area contributed by atoms with Crippen molar-refractivity contribution in [2.24, 2.45) is 0 Å². The Labute approximate surface area is 128 Å². The molecule has 22 heavy (non-hydrogen) atoms. The van der Waals surface area contributed by atoms with Crippen LogP contribution in [-0.2, 0) is 0 Å². The van der Waals surface area contributed by atoms with E-state index in [1.165, 1.54) is 6.33 Å². The lowest BCUT2D eigenvalue weighted by atomic mass is 10.2. The topological polar surface area (TPSA) is 95.6 Å². The van der Waals surface area contributed by atoms with Gasteiger partial charge in [0, 0.05) is 17.3 Å². The number of aromatic nitrogens is 4. The Morgan fingerprint density at radius 3 is 2.59 bits per heavy atom. The van der Waals surface area contributed by atoms with Gasteiger partial charge in [-0.05, 0) is 31.9 Å². The zero-order chi connectivity index (χ0) is 15.7. The highest BCUT2D eigenvalue weighted by molar-refractivity contribution is 5.90. The predicted molar refractivity (Wildman–Crippen MR) is 87.0 cm³/mol. The molecule has 2 heterocycles. The molecule has 2 aromatic heterocycles. The zero-order valence-electron chi connectivity index (χ0n) is 12.4. The van der Waals surface area contributed by atoms with Crippen molar-refractivity contribution in [3.05, 3.63) is 41.9 Å². The minimum absolute atomic E-state index is 0.147. The van der Waals surface area contributed by atoms with Crippen LogP contribution in [0.5, 0.6) is 0 Å². The van der Waals surface area contributed by atoms with Gasteiger partial charge >= 0.3 is 0 Å². The fourth-order valence-corrected chi connectivity index (χ4v) is 2.18. The summed E-state index contributed by atoms with van der Waals surface area (Å²) in [5, 5.41) is 5.19. The monoisotopic (exact) mass is 292 g/mol. The molecule has 0 spiro atoms. The van der Waals surface area contributed by atoms with Crippen LogP contribution in [0.2, 0.25) is 0 Å². The largest absolute Gasteiger partial charge is 0.398 e. The van der Waals surface area contributed by atoms with Gasteiger partial charge in [0.25, 0.3) is 0 Å². The maximum atomic E-state index is 5.97. The fraction of sp³-hybridized carbons (Fsp3) is 0.188. The van der Waals surface area contributed by atoms with E-state index in [9.17, 15) is 0 Å². The molecule has 0 saturated heterocycles. The fourth-order valence-electron chi connectivity index (χ4n) is 2.18. The second-order valence-electron chi connectivity index (χ2n) is 5.18. The van der Waals surface area contributed by atoms with Crippen molar-refractivity contribution < 1.29 is 0 Å². The first-order valence-electron chi connectivity index (χ1n) is 6.93. The number of anilines is 2. The number of hydrogen-bond acceptors (Lipinski definition) is 5. The van der Waals surface area contributed by atoms with Gasteiger partial charge in [0.2, 0.25) is 0 Å². The summed E-state index contributed by atoms with van der Waals surface area (Å²) in [5.74, 6) is 6.45. The molecular weight excluding hydrogens is 276 g/mol. The molecule has 6 heteroatoms. The highest BCUT2D eigenvalue weighted by atomic mass is 15.3. The first-order valence-corrected chi connectivity index (χ1v) is 6.93. The molecule has 0 fully saturated rings. The van der Waals surface area contributed by atoms with Crippen molar-refractivity contribution in [2.75, 3.05) is 11.5 Å². The van der Waals surface area contributed by atoms with Gasteiger partial charge in [0.05, 0.1) is 5.39 Å². The number of nitrogens with zero attached hydrogens (tertiary/aromatic N) is 4. The molecule has 6 nitrogen and oxygen atoms in total. The SMILES string of the molecule is CC(C)n1nc(C#Cc2ccccc2N)c2c(N)ncnc21. The summed E-state index contributed by atoms with van der Waals surface area (Å²) in [6, 6.07) is 7.59. The normalized spacial score (nSPS) is 10.7. The Morgan fingerprint density at radius 2 is 1.86 bits per heavy atom. The summed E-state index contributed by atoms with van der Waals surface area (Å²) in [4.78, 5) is 8.31. The van der Waals surface area contributed by atoms with E-state index in [-0.39, 0.29) is 6.04 Å². The van der Waals surface area contributed by atoms with Crippen molar-refractivity contribution in [3.8, 4) is 11.8 Å². The van der Waals surface area contributed by atoms with Gasteiger partial charge in [0.1, 0.15) is 17.8 Å². The van der Waals surface area contributed by atoms with E-state index in [0.717, 1.165) is 5.56 Å². The summed E-state index contributed by atoms with van der Waals surface area (Å²) in [5.41, 5.74) is 14.5. The summed E-state index contributed by atoms with van der Waals surface area (Å²) in [7, 11) is 0. The van der Waals surface area contributed by atoms with Crippen LogP contribution in [0.15, 0.2) is 30.6 Å². The first kappa shape index (κ1) is 13.9. The lowest BCUT2D eigenvalue weighted by Gasteiger charge is -2.05. The Kier molecular flexibility index (Phi) is 3.39. The van der Waals surface area contributed by atoms with Gasteiger partial charge in [0.15, 0.2) is 5.65 Å². The minimum atomic E-state index is 0.147. The summed E-state index contributed by atoms with van der Waals surface area (Å²) in [6.07, 6.45) is 1.44. The molecule has 110 valence electrons. The highest BCUT2D eigenvalue weighted by Crippen LogP contribution is 2.23. The van der Waals surface area contributed by atoms with Crippen LogP contribution in [0.4, 0.5) is 11.5 Å². The molecule has 0 unspecified atom stereocenters. The van der Waals surface area contributed by atoms with Crippen LogP contribution >= 0.6 is 0 Å². The van der Waals surface area contributed by atoms with Gasteiger partial charge in [-0.3, -0.25) is 0 Å². The maximum Gasteiger partial charge on any atom is 0.164 e. The quantitative estimate of drug-likeness (QED) is 0.528. The van der Waals surface area contributed by atoms with E-state index in [1.807, 2.05) is 38.1 Å². The molecule has 3 rings (SSSR count). The lowest BCUT2D eigenvalue weighted by Crippen LogP contribution is -2.04. The molecule has 3 aromatic rings. The standard InChI is InChI=1S/C16H16N6/c1-10(2)22-16-14(15(18)19-9-20-16)13(21-22)8-7-11-5-3-4-6-12(11)17/h3-6,9-10H,17H2,1-2H3,(H2,18,19,20). The van der Waals surface area contributed by atoms with Crippen LogP contribution in [0.3, 0.4) is 0 Å². The molecule has 0 amide bonds. The van der Waals surface area contributed by atoms with Crippen molar-refractivity contribution in [2.45, 2.75) is 19.9 Å². The Bertz CT molecular complexity index is 898. The van der Waals surface area contributed by atoms with Crippen molar-refractivity contribution >= 4 is 22.5 Å². The van der Waals surface area contributed by atoms with E-state index in [2.05, 4.69) is 26.9 Å². The van der Waals surface area contributed by atoms with E-state index < -0.39 is 0 Å². The third kappa shape index (κ3) is 2.33. The number of nitrogen functional groups attached to an aromatic ring is 2. The van der Waals surface area contributed by atoms with Crippen molar-refractivity contribution in [3.63, 3.8) is 0 Å².